The Kier molecular flexibility index (Phi) is 5.19. The van der Waals surface area contributed by atoms with Crippen LogP contribution in [0.25, 0.3) is 0 Å². The summed E-state index contributed by atoms with van der Waals surface area (Å²) in [7, 11) is 1.95. The van der Waals surface area contributed by atoms with E-state index in [2.05, 4.69) is 36.2 Å². The fourth-order valence-corrected chi connectivity index (χ4v) is 3.45. The van der Waals surface area contributed by atoms with Crippen LogP contribution in [-0.2, 0) is 5.54 Å². The van der Waals surface area contributed by atoms with Gasteiger partial charge >= 0.3 is 0 Å². The molecule has 1 heterocycles. The molecule has 0 radical (unpaired) electrons. The highest BCUT2D eigenvalue weighted by molar-refractivity contribution is 5.25. The van der Waals surface area contributed by atoms with E-state index in [0.29, 0.717) is 12.1 Å². The number of aliphatic hydroxyl groups excluding tert-OH is 1. The predicted molar refractivity (Wildman–Crippen MR) is 83.7 cm³/mol. The zero-order chi connectivity index (χ0) is 14.6. The monoisotopic (exact) mass is 276 g/mol. The molecule has 1 aromatic carbocycles. The lowest BCUT2D eigenvalue weighted by molar-refractivity contribution is 0.0867. The molecule has 1 aromatic rings. The second-order valence-corrected chi connectivity index (χ2v) is 6.02. The summed E-state index contributed by atoms with van der Waals surface area (Å²) in [4.78, 5) is 2.57. The van der Waals surface area contributed by atoms with Crippen molar-refractivity contribution in [3.05, 3.63) is 35.9 Å². The molecule has 0 spiro atoms. The van der Waals surface area contributed by atoms with Crippen LogP contribution in [0.3, 0.4) is 0 Å². The molecule has 2 N–H and O–H groups in total. The van der Waals surface area contributed by atoms with E-state index in [0.717, 1.165) is 6.54 Å². The third kappa shape index (κ3) is 2.90. The zero-order valence-corrected chi connectivity index (χ0v) is 13.0. The number of nitrogens with one attached hydrogen (secondary N) is 1. The van der Waals surface area contributed by atoms with Crippen molar-refractivity contribution >= 4 is 0 Å². The summed E-state index contributed by atoms with van der Waals surface area (Å²) in [6.07, 6.45) is 3.72. The van der Waals surface area contributed by atoms with Crippen LogP contribution in [0.15, 0.2) is 30.3 Å². The summed E-state index contributed by atoms with van der Waals surface area (Å²) in [5.41, 5.74) is 0.798. The quantitative estimate of drug-likeness (QED) is 0.837. The molecule has 1 aliphatic heterocycles. The third-order valence-electron chi connectivity index (χ3n) is 4.95. The number of benzene rings is 1. The van der Waals surface area contributed by atoms with Crippen molar-refractivity contribution in [1.82, 2.24) is 10.2 Å². The van der Waals surface area contributed by atoms with E-state index in [9.17, 15) is 5.11 Å². The Bertz CT molecular complexity index is 403. The van der Waals surface area contributed by atoms with Crippen LogP contribution in [0.5, 0.6) is 0 Å². The van der Waals surface area contributed by atoms with Crippen molar-refractivity contribution in [1.29, 1.82) is 0 Å². The van der Waals surface area contributed by atoms with E-state index in [-0.39, 0.29) is 12.1 Å². The Morgan fingerprint density at radius 3 is 2.55 bits per heavy atom. The van der Waals surface area contributed by atoms with Gasteiger partial charge < -0.3 is 10.4 Å². The van der Waals surface area contributed by atoms with Crippen molar-refractivity contribution in [2.45, 2.75) is 50.7 Å². The molecule has 0 aromatic heterocycles. The minimum atomic E-state index is -0.368. The minimum Gasteiger partial charge on any atom is -0.394 e. The summed E-state index contributed by atoms with van der Waals surface area (Å²) in [6.45, 7) is 5.55. The maximum absolute atomic E-state index is 10.0. The summed E-state index contributed by atoms with van der Waals surface area (Å²) in [5, 5.41) is 13.4. The zero-order valence-electron chi connectivity index (χ0n) is 13.0. The topological polar surface area (TPSA) is 35.5 Å². The number of hydrogen-bond donors (Lipinski definition) is 2. The van der Waals surface area contributed by atoms with Gasteiger partial charge in [-0.25, -0.2) is 0 Å². The molecular weight excluding hydrogens is 248 g/mol. The third-order valence-corrected chi connectivity index (χ3v) is 4.95. The Morgan fingerprint density at radius 1 is 1.30 bits per heavy atom. The van der Waals surface area contributed by atoms with Gasteiger partial charge in [0.1, 0.15) is 0 Å². The normalized spacial score (nSPS) is 26.6. The first-order chi connectivity index (χ1) is 9.66. The molecule has 1 saturated heterocycles. The lowest BCUT2D eigenvalue weighted by atomic mass is 9.89. The van der Waals surface area contributed by atoms with Gasteiger partial charge in [-0.3, -0.25) is 4.90 Å². The highest BCUT2D eigenvalue weighted by atomic mass is 16.3. The Balaban J connectivity index is 2.25. The summed E-state index contributed by atoms with van der Waals surface area (Å²) in [6, 6.07) is 11.6. The standard InChI is InChI=1S/C17H28N2O/c1-4-16-11-10-14(2)19(16)12-17(13-20,18-3)15-8-6-5-7-9-15/h5-9,14,16,18,20H,4,10-13H2,1-3H3. The summed E-state index contributed by atoms with van der Waals surface area (Å²) in [5.74, 6) is 0. The second kappa shape index (κ2) is 6.70. The van der Waals surface area contributed by atoms with Crippen LogP contribution in [0.2, 0.25) is 0 Å². The SMILES string of the molecule is CCC1CCC(C)N1CC(CO)(NC)c1ccccc1. The molecule has 3 heteroatoms. The van der Waals surface area contributed by atoms with Crippen molar-refractivity contribution in [2.24, 2.45) is 0 Å². The number of aliphatic hydroxyl groups is 1. The molecule has 3 atom stereocenters. The van der Waals surface area contributed by atoms with Crippen LogP contribution >= 0.6 is 0 Å². The molecule has 112 valence electrons. The van der Waals surface area contributed by atoms with Crippen LogP contribution in [0.1, 0.15) is 38.7 Å². The van der Waals surface area contributed by atoms with Crippen molar-refractivity contribution < 1.29 is 5.11 Å². The Hall–Kier alpha value is -0.900. The molecule has 3 nitrogen and oxygen atoms in total. The summed E-state index contributed by atoms with van der Waals surface area (Å²) < 4.78 is 0. The average Bonchev–Trinajstić information content (AvgIpc) is 2.86. The number of hydrogen-bond acceptors (Lipinski definition) is 3. The molecule has 0 aliphatic carbocycles. The van der Waals surface area contributed by atoms with Gasteiger partial charge in [-0.15, -0.1) is 0 Å². The van der Waals surface area contributed by atoms with Crippen LogP contribution in [0, 0.1) is 0 Å². The molecular formula is C17H28N2O. The van der Waals surface area contributed by atoms with Gasteiger partial charge in [-0.2, -0.15) is 0 Å². The van der Waals surface area contributed by atoms with Gasteiger partial charge in [-0.05, 0) is 38.8 Å². The lowest BCUT2D eigenvalue weighted by Gasteiger charge is -2.40. The second-order valence-electron chi connectivity index (χ2n) is 6.02. The highest BCUT2D eigenvalue weighted by Crippen LogP contribution is 2.31. The van der Waals surface area contributed by atoms with Gasteiger partial charge in [0.2, 0.25) is 0 Å². The molecule has 1 fully saturated rings. The van der Waals surface area contributed by atoms with Crippen molar-refractivity contribution in [3.8, 4) is 0 Å². The molecule has 0 amide bonds. The molecule has 3 unspecified atom stereocenters. The maximum Gasteiger partial charge on any atom is 0.0795 e. The Morgan fingerprint density at radius 2 is 2.00 bits per heavy atom. The number of rotatable bonds is 6. The molecule has 2 rings (SSSR count). The predicted octanol–water partition coefficient (Wildman–Crippen LogP) is 2.36. The largest absolute Gasteiger partial charge is 0.394 e. The van der Waals surface area contributed by atoms with Gasteiger partial charge in [0.05, 0.1) is 12.1 Å². The van der Waals surface area contributed by atoms with E-state index in [4.69, 9.17) is 0 Å². The Labute approximate surface area is 123 Å². The van der Waals surface area contributed by atoms with E-state index >= 15 is 0 Å². The number of likely N-dealkylation sites (tertiary alicyclic amines) is 1. The fraction of sp³-hybridized carbons (Fsp3) is 0.647. The molecule has 0 saturated carbocycles. The average molecular weight is 276 g/mol. The van der Waals surface area contributed by atoms with Gasteiger partial charge in [0, 0.05) is 18.6 Å². The van der Waals surface area contributed by atoms with Crippen molar-refractivity contribution in [3.63, 3.8) is 0 Å². The van der Waals surface area contributed by atoms with Crippen molar-refractivity contribution in [2.75, 3.05) is 20.2 Å². The van der Waals surface area contributed by atoms with Crippen LogP contribution in [-0.4, -0.2) is 42.3 Å². The number of nitrogens with zero attached hydrogens (tertiary/aromatic N) is 1. The first-order valence-corrected chi connectivity index (χ1v) is 7.78. The number of likely N-dealkylation sites (N-methyl/N-ethyl adjacent to an activating group) is 1. The maximum atomic E-state index is 10.0. The van der Waals surface area contributed by atoms with Gasteiger partial charge in [0.25, 0.3) is 0 Å². The van der Waals surface area contributed by atoms with E-state index in [1.807, 2.05) is 25.2 Å². The van der Waals surface area contributed by atoms with E-state index < -0.39 is 0 Å². The molecule has 0 bridgehead atoms. The van der Waals surface area contributed by atoms with Gasteiger partial charge in [0.15, 0.2) is 0 Å². The molecule has 20 heavy (non-hydrogen) atoms. The minimum absolute atomic E-state index is 0.118. The van der Waals surface area contributed by atoms with E-state index in [1.54, 1.807) is 0 Å². The van der Waals surface area contributed by atoms with Crippen LogP contribution in [0.4, 0.5) is 0 Å². The summed E-state index contributed by atoms with van der Waals surface area (Å²) >= 11 is 0. The first kappa shape index (κ1) is 15.5. The highest BCUT2D eigenvalue weighted by Gasteiger charge is 2.38. The smallest absolute Gasteiger partial charge is 0.0795 e. The van der Waals surface area contributed by atoms with E-state index in [1.165, 1.54) is 24.8 Å². The first-order valence-electron chi connectivity index (χ1n) is 7.78. The fourth-order valence-electron chi connectivity index (χ4n) is 3.45. The lowest BCUT2D eigenvalue weighted by Crippen LogP contribution is -2.54. The molecule has 1 aliphatic rings. The van der Waals surface area contributed by atoms with Gasteiger partial charge in [-0.1, -0.05) is 37.3 Å². The van der Waals surface area contributed by atoms with Crippen LogP contribution < -0.4 is 5.32 Å².